The van der Waals surface area contributed by atoms with E-state index in [0.717, 1.165) is 150 Å². The number of piperidine rings is 2. The van der Waals surface area contributed by atoms with Gasteiger partial charge in [-0.2, -0.15) is 0 Å². The van der Waals surface area contributed by atoms with E-state index in [1.807, 2.05) is 36.4 Å². The number of halogens is 5. The molecule has 5 aliphatic heterocycles. The maximum atomic E-state index is 6.10. The van der Waals surface area contributed by atoms with Crippen molar-refractivity contribution in [1.29, 1.82) is 0 Å². The molecule has 5 unspecified atom stereocenters. The Morgan fingerprint density at radius 2 is 0.789 bits per heavy atom. The predicted octanol–water partition coefficient (Wildman–Crippen LogP) is 26.8. The van der Waals surface area contributed by atoms with Crippen LogP contribution in [-0.2, 0) is 32.6 Å². The number of fused-ring (bicyclic) bond motifs is 6. The number of aromatic nitrogens is 8. The van der Waals surface area contributed by atoms with E-state index >= 15 is 0 Å². The fourth-order valence-electron chi connectivity index (χ4n) is 20.4. The normalized spacial score (nSPS) is 20.5. The van der Waals surface area contributed by atoms with Crippen LogP contribution < -0.4 is 10.6 Å². The van der Waals surface area contributed by atoms with Crippen molar-refractivity contribution in [1.82, 2.24) is 58.6 Å². The first kappa shape index (κ1) is 88.9. The Hall–Kier alpha value is -7.47. The van der Waals surface area contributed by atoms with Crippen LogP contribution in [0.1, 0.15) is 215 Å². The third kappa shape index (κ3) is 24.3. The molecule has 7 aliphatic rings. The third-order valence-electron chi connectivity index (χ3n) is 27.7. The predicted molar refractivity (Wildman–Crippen MR) is 525 cm³/mol. The molecule has 2 saturated carbocycles. The fourth-order valence-corrected chi connectivity index (χ4v) is 21.5. The van der Waals surface area contributed by atoms with Crippen molar-refractivity contribution in [3.8, 4) is 0 Å². The second-order valence-corrected chi connectivity index (χ2v) is 40.3. The molecular formula is C106H127Br2Cl3N12. The summed E-state index contributed by atoms with van der Waals surface area (Å²) in [5.74, 6) is 8.93. The average Bonchev–Trinajstić information content (AvgIpc) is 1.65. The van der Waals surface area contributed by atoms with Crippen molar-refractivity contribution in [3.63, 3.8) is 0 Å². The summed E-state index contributed by atoms with van der Waals surface area (Å²) in [5.41, 5.74) is 20.7. The van der Waals surface area contributed by atoms with Gasteiger partial charge < -0.3 is 38.7 Å². The fraction of sp³-hybridized carbons (Fsp3) is 0.453. The summed E-state index contributed by atoms with van der Waals surface area (Å²) in [4.78, 5) is 25.4. The van der Waals surface area contributed by atoms with Gasteiger partial charge in [0, 0.05) is 88.3 Å². The van der Waals surface area contributed by atoms with Gasteiger partial charge in [-0.25, -0.2) is 19.9 Å². The van der Waals surface area contributed by atoms with Gasteiger partial charge in [0.05, 0.1) is 44.1 Å². The lowest BCUT2D eigenvalue weighted by Gasteiger charge is -2.29. The number of benzene rings is 8. The molecule has 12 nitrogen and oxygen atoms in total. The molecule has 8 aromatic carbocycles. The molecule has 0 amide bonds. The molecule has 0 radical (unpaired) electrons. The SMILES string of the molecule is Cc1cc2nc(/C=C/C3CCCNC3)n(Cc3ccc(Cl)cc3)c2cc1C.Cc1ccc(Cn2c(CC3CC4CCC(C3)N4)nc3cc(C)c(C)cc32)cc1.Clc1ccc(Cn2c(/C=C/C3CCN(CCCC4CCCCC4)C3)nc3cc(Br)ccc32)cc1.Clc1ccc(Cn2c(/C=C\C3CCN(CCCC4CCCCC4)C3)nc3cc(Br)ccc32)cc1. The van der Waals surface area contributed by atoms with Crippen LogP contribution in [0.15, 0.2) is 185 Å². The molecule has 17 heteroatoms. The maximum absolute atomic E-state index is 6.10. The Bertz CT molecular complexity index is 5370. The van der Waals surface area contributed by atoms with E-state index in [2.05, 4.69) is 263 Å². The molecule has 0 spiro atoms. The highest BCUT2D eigenvalue weighted by atomic mass is 79.9. The lowest BCUT2D eigenvalue weighted by atomic mass is 9.86. The van der Waals surface area contributed by atoms with Gasteiger partial charge in [0.2, 0.25) is 0 Å². The summed E-state index contributed by atoms with van der Waals surface area (Å²) >= 11 is 25.5. The van der Waals surface area contributed by atoms with Crippen molar-refractivity contribution in [2.45, 2.75) is 221 Å². The molecule has 12 aromatic rings. The minimum atomic E-state index is 0.589. The van der Waals surface area contributed by atoms with Gasteiger partial charge in [-0.15, -0.1) is 0 Å². The van der Waals surface area contributed by atoms with Crippen LogP contribution in [0.4, 0.5) is 0 Å². The summed E-state index contributed by atoms with van der Waals surface area (Å²) in [5, 5.41) is 9.57. The van der Waals surface area contributed by atoms with Gasteiger partial charge in [-0.3, -0.25) is 0 Å². The number of hydrogen-bond donors (Lipinski definition) is 2. The molecule has 9 heterocycles. The summed E-state index contributed by atoms with van der Waals surface area (Å²) < 4.78 is 11.6. The number of rotatable bonds is 24. The van der Waals surface area contributed by atoms with Gasteiger partial charge in [-0.1, -0.05) is 215 Å². The molecule has 2 N–H and O–H groups in total. The Labute approximate surface area is 763 Å². The van der Waals surface area contributed by atoms with Crippen LogP contribution in [-0.4, -0.2) is 112 Å². The quantitative estimate of drug-likeness (QED) is 0.0617. The minimum absolute atomic E-state index is 0.589. The Kier molecular flexibility index (Phi) is 31.0. The molecule has 4 aromatic heterocycles. The topological polar surface area (TPSA) is 102 Å². The molecule has 123 heavy (non-hydrogen) atoms. The van der Waals surface area contributed by atoms with E-state index in [0.29, 0.717) is 17.8 Å². The Morgan fingerprint density at radius 3 is 1.24 bits per heavy atom. The second kappa shape index (κ2) is 42.9. The van der Waals surface area contributed by atoms with E-state index in [9.17, 15) is 0 Å². The van der Waals surface area contributed by atoms with Crippen LogP contribution >= 0.6 is 66.7 Å². The van der Waals surface area contributed by atoms with E-state index in [1.54, 1.807) is 0 Å². The van der Waals surface area contributed by atoms with Crippen LogP contribution in [0.2, 0.25) is 15.1 Å². The van der Waals surface area contributed by atoms with Crippen LogP contribution in [0.25, 0.3) is 62.4 Å². The largest absolute Gasteiger partial charge is 0.323 e. The van der Waals surface area contributed by atoms with E-state index in [-0.39, 0.29) is 0 Å². The third-order valence-corrected chi connectivity index (χ3v) is 29.5. The maximum Gasteiger partial charge on any atom is 0.133 e. The molecule has 5 atom stereocenters. The first-order valence-corrected chi connectivity index (χ1v) is 49.2. The zero-order valence-electron chi connectivity index (χ0n) is 73.2. The number of likely N-dealkylation sites (tertiary alicyclic amines) is 2. The average molecular weight is 1840 g/mol. The van der Waals surface area contributed by atoms with Gasteiger partial charge >= 0.3 is 0 Å². The molecule has 19 rings (SSSR count). The lowest BCUT2D eigenvalue weighted by molar-refractivity contribution is 0.283. The van der Waals surface area contributed by atoms with Crippen molar-refractivity contribution >= 4 is 129 Å². The number of imidazole rings is 4. The van der Waals surface area contributed by atoms with Gasteiger partial charge in [0.25, 0.3) is 0 Å². The van der Waals surface area contributed by atoms with Gasteiger partial charge in [-0.05, 0) is 340 Å². The number of hydrogen-bond acceptors (Lipinski definition) is 8. The smallest absolute Gasteiger partial charge is 0.133 e. The highest BCUT2D eigenvalue weighted by molar-refractivity contribution is 9.10. The molecular weight excluding hydrogens is 1710 g/mol. The van der Waals surface area contributed by atoms with Gasteiger partial charge in [0.15, 0.2) is 0 Å². The van der Waals surface area contributed by atoms with Crippen LogP contribution in [0.5, 0.6) is 0 Å². The van der Waals surface area contributed by atoms with Crippen LogP contribution in [0, 0.1) is 70.1 Å². The van der Waals surface area contributed by atoms with Crippen molar-refractivity contribution < 1.29 is 0 Å². The molecule has 646 valence electrons. The first-order chi connectivity index (χ1) is 59.9. The van der Waals surface area contributed by atoms with Gasteiger partial charge in [0.1, 0.15) is 23.3 Å². The molecule has 7 fully saturated rings. The summed E-state index contributed by atoms with van der Waals surface area (Å²) in [7, 11) is 0. The number of aryl methyl sites for hydroxylation is 5. The standard InChI is InChI=1S/2C29H35BrClN3.C25H31N3.C23H26ClN3/c2*30-25-11-14-28-27(19-25)32-29(34(28)21-23-8-12-26(31)13-9-23)15-10-24-16-18-33(20-24)17-4-7-22-5-2-1-3-6-22;1-16-4-6-19(7-5-16)15-28-24-11-18(3)17(2)10-23(24)27-25(28)14-20-12-21-8-9-22(13-20)26-21;1-16-12-21-22(13-17(16)2)27(15-19-5-8-20(24)9-6-19)23(26-21)10-7-18-4-3-11-25-14-18/h2*8-15,19,22,24H,1-7,16-18,20-21H2;4-7,10-11,20-22,26H,8-9,12-15H2,1-3H3;5-10,12-13,18,25H,3-4,11,14-15H2,1-2H3/b15-10+;15-10-;;10-7+. The highest BCUT2D eigenvalue weighted by Gasteiger charge is 2.35. The molecule has 2 bridgehead atoms. The van der Waals surface area contributed by atoms with E-state index < -0.39 is 0 Å². The van der Waals surface area contributed by atoms with E-state index in [4.69, 9.17) is 54.7 Å². The second-order valence-electron chi connectivity index (χ2n) is 37.1. The van der Waals surface area contributed by atoms with Crippen molar-refractivity contribution in [3.05, 3.63) is 273 Å². The highest BCUT2D eigenvalue weighted by Crippen LogP contribution is 2.37. The molecule has 2 aliphatic carbocycles. The zero-order chi connectivity index (χ0) is 84.7. The summed E-state index contributed by atoms with van der Waals surface area (Å²) in [6.07, 6.45) is 45.5. The summed E-state index contributed by atoms with van der Waals surface area (Å²) in [6, 6.07) is 56.5. The van der Waals surface area contributed by atoms with E-state index in [1.165, 1.54) is 247 Å². The molecule has 5 saturated heterocycles. The van der Waals surface area contributed by atoms with Crippen molar-refractivity contribution in [2.24, 2.45) is 35.5 Å². The van der Waals surface area contributed by atoms with Crippen LogP contribution in [0.3, 0.4) is 0 Å². The number of nitrogens with zero attached hydrogens (tertiary/aromatic N) is 10. The zero-order valence-corrected chi connectivity index (χ0v) is 78.6. The lowest BCUT2D eigenvalue weighted by Crippen LogP contribution is -2.38. The Balaban J connectivity index is 0.000000122. The Morgan fingerprint density at radius 1 is 0.390 bits per heavy atom. The minimum Gasteiger partial charge on any atom is -0.323 e. The van der Waals surface area contributed by atoms with Crippen molar-refractivity contribution in [2.75, 3.05) is 52.4 Å². The monoisotopic (exact) mass is 1830 g/mol. The summed E-state index contributed by atoms with van der Waals surface area (Å²) in [6.45, 7) is 23.7. The number of nitrogens with one attached hydrogen (secondary N) is 2. The first-order valence-electron chi connectivity index (χ1n) is 46.4.